The maximum Gasteiger partial charge on any atom is 0.316 e. The van der Waals surface area contributed by atoms with E-state index in [2.05, 4.69) is 10.3 Å². The standard InChI is InChI=1S/C21H18Cl2N2O5S2/c1-28-16-6-3-12(7-17(16)29-2)15-10-32-21(24-15)25-19(26)9-30-20(27)11-31-18-8-13(22)4-5-14(18)23/h3-8,10H,9,11H2,1-2H3,(H,24,25,26). The van der Waals surface area contributed by atoms with Gasteiger partial charge in [0, 0.05) is 20.9 Å². The van der Waals surface area contributed by atoms with Gasteiger partial charge in [0.1, 0.15) is 0 Å². The van der Waals surface area contributed by atoms with Gasteiger partial charge in [-0.1, -0.05) is 23.2 Å². The van der Waals surface area contributed by atoms with Crippen LogP contribution in [-0.2, 0) is 14.3 Å². The average molecular weight is 513 g/mol. The molecule has 0 atom stereocenters. The van der Waals surface area contributed by atoms with Crippen LogP contribution < -0.4 is 14.8 Å². The van der Waals surface area contributed by atoms with Crippen molar-refractivity contribution in [3.8, 4) is 22.8 Å². The second-order valence-corrected chi connectivity index (χ2v) is 8.90. The predicted molar refractivity (Wildman–Crippen MR) is 127 cm³/mol. The number of halogens is 2. The number of carbonyl (C=O) groups excluding carboxylic acids is 2. The highest BCUT2D eigenvalue weighted by Gasteiger charge is 2.13. The largest absolute Gasteiger partial charge is 0.493 e. The van der Waals surface area contributed by atoms with Crippen LogP contribution in [0, 0.1) is 0 Å². The van der Waals surface area contributed by atoms with Crippen molar-refractivity contribution < 1.29 is 23.8 Å². The summed E-state index contributed by atoms with van der Waals surface area (Å²) in [5.41, 5.74) is 1.47. The predicted octanol–water partition coefficient (Wildman–Crippen LogP) is 5.41. The molecular formula is C21H18Cl2N2O5S2. The Labute approximate surface area is 203 Å². The molecule has 7 nitrogen and oxygen atoms in total. The van der Waals surface area contributed by atoms with E-state index in [9.17, 15) is 9.59 Å². The van der Waals surface area contributed by atoms with E-state index in [0.717, 1.165) is 5.56 Å². The summed E-state index contributed by atoms with van der Waals surface area (Å²) in [5.74, 6) is 0.141. The molecule has 168 valence electrons. The van der Waals surface area contributed by atoms with E-state index in [4.69, 9.17) is 37.4 Å². The molecule has 0 fully saturated rings. The smallest absolute Gasteiger partial charge is 0.316 e. The number of benzene rings is 2. The van der Waals surface area contributed by atoms with Crippen molar-refractivity contribution in [2.24, 2.45) is 0 Å². The lowest BCUT2D eigenvalue weighted by Crippen LogP contribution is -2.21. The molecule has 2 aromatic carbocycles. The molecule has 0 spiro atoms. The monoisotopic (exact) mass is 512 g/mol. The topological polar surface area (TPSA) is 86.8 Å². The van der Waals surface area contributed by atoms with Gasteiger partial charge in [-0.25, -0.2) is 4.98 Å². The molecule has 0 saturated heterocycles. The van der Waals surface area contributed by atoms with Crippen LogP contribution in [0.1, 0.15) is 0 Å². The molecule has 0 radical (unpaired) electrons. The number of amides is 1. The number of methoxy groups -OCH3 is 2. The Morgan fingerprint density at radius 1 is 1.09 bits per heavy atom. The molecule has 3 rings (SSSR count). The van der Waals surface area contributed by atoms with Crippen LogP contribution in [0.15, 0.2) is 46.7 Å². The molecule has 0 aliphatic rings. The van der Waals surface area contributed by atoms with E-state index in [0.29, 0.717) is 37.3 Å². The Kier molecular flexibility index (Phi) is 8.63. The summed E-state index contributed by atoms with van der Waals surface area (Å²) < 4.78 is 15.5. The molecule has 11 heteroatoms. The van der Waals surface area contributed by atoms with E-state index in [1.54, 1.807) is 49.9 Å². The highest BCUT2D eigenvalue weighted by atomic mass is 35.5. The zero-order valence-electron chi connectivity index (χ0n) is 17.0. The van der Waals surface area contributed by atoms with Gasteiger partial charge in [0.05, 0.1) is 30.7 Å². The summed E-state index contributed by atoms with van der Waals surface area (Å²) in [6, 6.07) is 10.4. The number of carbonyl (C=O) groups is 2. The Morgan fingerprint density at radius 2 is 1.88 bits per heavy atom. The lowest BCUT2D eigenvalue weighted by atomic mass is 10.1. The van der Waals surface area contributed by atoms with E-state index >= 15 is 0 Å². The molecule has 1 heterocycles. The van der Waals surface area contributed by atoms with Crippen molar-refractivity contribution in [3.05, 3.63) is 51.8 Å². The molecule has 1 N–H and O–H groups in total. The summed E-state index contributed by atoms with van der Waals surface area (Å²) in [6.07, 6.45) is 0. The van der Waals surface area contributed by atoms with Gasteiger partial charge in [0.15, 0.2) is 23.2 Å². The van der Waals surface area contributed by atoms with E-state index in [1.807, 2.05) is 6.07 Å². The molecule has 0 bridgehead atoms. The van der Waals surface area contributed by atoms with E-state index in [1.165, 1.54) is 23.1 Å². The number of nitrogens with zero attached hydrogens (tertiary/aromatic N) is 1. The van der Waals surface area contributed by atoms with Crippen LogP contribution in [0.4, 0.5) is 5.13 Å². The number of esters is 1. The van der Waals surface area contributed by atoms with Crippen LogP contribution in [-0.4, -0.2) is 43.4 Å². The van der Waals surface area contributed by atoms with Gasteiger partial charge in [-0.05, 0) is 36.4 Å². The lowest BCUT2D eigenvalue weighted by Gasteiger charge is -2.08. The van der Waals surface area contributed by atoms with E-state index in [-0.39, 0.29) is 5.75 Å². The van der Waals surface area contributed by atoms with Crippen molar-refractivity contribution in [2.75, 3.05) is 31.9 Å². The molecular weight excluding hydrogens is 495 g/mol. The van der Waals surface area contributed by atoms with Gasteiger partial charge in [-0.2, -0.15) is 0 Å². The zero-order chi connectivity index (χ0) is 23.1. The molecule has 0 unspecified atom stereocenters. The van der Waals surface area contributed by atoms with Gasteiger partial charge < -0.3 is 14.2 Å². The highest BCUT2D eigenvalue weighted by Crippen LogP contribution is 2.33. The average Bonchev–Trinajstić information content (AvgIpc) is 3.26. The first-order valence-corrected chi connectivity index (χ1v) is 11.7. The fourth-order valence-electron chi connectivity index (χ4n) is 2.53. The van der Waals surface area contributed by atoms with Crippen LogP contribution in [0.5, 0.6) is 11.5 Å². The van der Waals surface area contributed by atoms with Crippen molar-refractivity contribution in [1.82, 2.24) is 4.98 Å². The molecule has 1 aromatic heterocycles. The zero-order valence-corrected chi connectivity index (χ0v) is 20.2. The molecule has 0 aliphatic heterocycles. The van der Waals surface area contributed by atoms with Gasteiger partial charge in [0.25, 0.3) is 5.91 Å². The molecule has 32 heavy (non-hydrogen) atoms. The first kappa shape index (κ1) is 24.2. The maximum atomic E-state index is 12.1. The number of rotatable bonds is 9. The molecule has 0 aliphatic carbocycles. The van der Waals surface area contributed by atoms with Gasteiger partial charge >= 0.3 is 5.97 Å². The molecule has 0 saturated carbocycles. The Morgan fingerprint density at radius 3 is 2.62 bits per heavy atom. The summed E-state index contributed by atoms with van der Waals surface area (Å²) in [6.45, 7) is -0.423. The van der Waals surface area contributed by atoms with Gasteiger partial charge in [-0.15, -0.1) is 23.1 Å². The maximum absolute atomic E-state index is 12.1. The number of thioether (sulfide) groups is 1. The normalized spacial score (nSPS) is 10.5. The number of anilines is 1. The minimum atomic E-state index is -0.550. The molecule has 1 amide bonds. The van der Waals surface area contributed by atoms with Gasteiger partial charge in [-0.3, -0.25) is 14.9 Å². The fourth-order valence-corrected chi connectivity index (χ4v) is 4.55. The van der Waals surface area contributed by atoms with E-state index < -0.39 is 18.5 Å². The third-order valence-electron chi connectivity index (χ3n) is 4.03. The lowest BCUT2D eigenvalue weighted by molar-refractivity contribution is -0.144. The van der Waals surface area contributed by atoms with Crippen molar-refractivity contribution in [3.63, 3.8) is 0 Å². The summed E-state index contributed by atoms with van der Waals surface area (Å²) >= 11 is 14.4. The quantitative estimate of drug-likeness (QED) is 0.303. The number of thiazole rings is 1. The molecule has 3 aromatic rings. The summed E-state index contributed by atoms with van der Waals surface area (Å²) in [5, 5.41) is 5.80. The first-order chi connectivity index (χ1) is 15.4. The van der Waals surface area contributed by atoms with Crippen molar-refractivity contribution >= 4 is 63.3 Å². The van der Waals surface area contributed by atoms with Crippen LogP contribution >= 0.6 is 46.3 Å². The minimum absolute atomic E-state index is 0.00591. The third-order valence-corrected chi connectivity index (χ3v) is 6.50. The van der Waals surface area contributed by atoms with Crippen LogP contribution in [0.25, 0.3) is 11.3 Å². The van der Waals surface area contributed by atoms with Crippen LogP contribution in [0.3, 0.4) is 0 Å². The number of nitrogens with one attached hydrogen (secondary N) is 1. The number of ether oxygens (including phenoxy) is 3. The Hall–Kier alpha value is -2.46. The minimum Gasteiger partial charge on any atom is -0.493 e. The summed E-state index contributed by atoms with van der Waals surface area (Å²) in [4.78, 5) is 29.1. The fraction of sp³-hybridized carbons (Fsp3) is 0.190. The summed E-state index contributed by atoms with van der Waals surface area (Å²) in [7, 11) is 3.11. The first-order valence-electron chi connectivity index (χ1n) is 9.11. The number of hydrogen-bond acceptors (Lipinski definition) is 8. The van der Waals surface area contributed by atoms with Crippen molar-refractivity contribution in [2.45, 2.75) is 4.90 Å². The second kappa shape index (κ2) is 11.4. The second-order valence-electron chi connectivity index (χ2n) is 6.18. The highest BCUT2D eigenvalue weighted by molar-refractivity contribution is 8.00. The van der Waals surface area contributed by atoms with Crippen molar-refractivity contribution in [1.29, 1.82) is 0 Å². The van der Waals surface area contributed by atoms with Gasteiger partial charge in [0.2, 0.25) is 0 Å². The van der Waals surface area contributed by atoms with Crippen LogP contribution in [0.2, 0.25) is 10.0 Å². The number of aromatic nitrogens is 1. The Bertz CT molecular complexity index is 1120. The number of hydrogen-bond donors (Lipinski definition) is 1. The SMILES string of the molecule is COc1ccc(-c2csc(NC(=O)COC(=O)CSc3cc(Cl)ccc3Cl)n2)cc1OC. The Balaban J connectivity index is 1.50. The third kappa shape index (κ3) is 6.52.